The molecule has 0 fully saturated rings. The first kappa shape index (κ1) is 18.3. The van der Waals surface area contributed by atoms with Crippen LogP contribution in [0, 0.1) is 5.92 Å². The van der Waals surface area contributed by atoms with Gasteiger partial charge in [-0.1, -0.05) is 37.6 Å². The molecular weight excluding hydrogens is 304 g/mol. The molecule has 5 nitrogen and oxygen atoms in total. The van der Waals surface area contributed by atoms with Gasteiger partial charge in [0.15, 0.2) is 0 Å². The predicted octanol–water partition coefficient (Wildman–Crippen LogP) is 3.12. The zero-order valence-electron chi connectivity index (χ0n) is 13.2. The molecule has 0 unspecified atom stereocenters. The summed E-state index contributed by atoms with van der Waals surface area (Å²) >= 11 is 5.79. The van der Waals surface area contributed by atoms with E-state index in [-0.39, 0.29) is 18.4 Å². The molecule has 0 aliphatic rings. The molecule has 1 aromatic carbocycles. The molecule has 0 aliphatic carbocycles. The van der Waals surface area contributed by atoms with Crippen molar-refractivity contribution in [2.24, 2.45) is 5.92 Å². The maximum absolute atomic E-state index is 11.9. The third-order valence-electron chi connectivity index (χ3n) is 2.95. The predicted molar refractivity (Wildman–Crippen MR) is 86.7 cm³/mol. The van der Waals surface area contributed by atoms with Crippen LogP contribution in [0.4, 0.5) is 4.79 Å². The van der Waals surface area contributed by atoms with E-state index in [1.807, 2.05) is 20.8 Å². The Balaban J connectivity index is 2.51. The minimum absolute atomic E-state index is 0.132. The number of likely N-dealkylation sites (N-methyl/N-ethyl adjacent to an activating group) is 1. The number of alkyl carbamates (subject to hydrolysis) is 1. The van der Waals surface area contributed by atoms with Gasteiger partial charge in [0.2, 0.25) is 5.91 Å². The van der Waals surface area contributed by atoms with Gasteiger partial charge in [-0.2, -0.15) is 0 Å². The number of ether oxygens (including phenoxy) is 1. The lowest BCUT2D eigenvalue weighted by Gasteiger charge is -2.19. The Kier molecular flexibility index (Phi) is 7.74. The van der Waals surface area contributed by atoms with Crippen LogP contribution < -0.4 is 10.6 Å². The monoisotopic (exact) mass is 326 g/mol. The summed E-state index contributed by atoms with van der Waals surface area (Å²) in [4.78, 5) is 23.8. The van der Waals surface area contributed by atoms with Crippen molar-refractivity contribution < 1.29 is 14.3 Å². The van der Waals surface area contributed by atoms with E-state index < -0.39 is 12.1 Å². The van der Waals surface area contributed by atoms with Crippen molar-refractivity contribution in [2.45, 2.75) is 39.8 Å². The molecule has 1 rings (SSSR count). The smallest absolute Gasteiger partial charge is 0.408 e. The molecule has 22 heavy (non-hydrogen) atoms. The maximum Gasteiger partial charge on any atom is 0.408 e. The quantitative estimate of drug-likeness (QED) is 0.809. The molecule has 0 radical (unpaired) electrons. The second-order valence-electron chi connectivity index (χ2n) is 5.42. The standard InChI is InChI=1S/C16H23ClN2O3/c1-4-18-15(20)14(9-11(2)3)19-16(21)22-10-12-5-7-13(17)8-6-12/h5-8,11,14H,4,9-10H2,1-3H3,(H,18,20)(H,19,21)/t14-/m0/s1. The zero-order chi connectivity index (χ0) is 16.5. The second kappa shape index (κ2) is 9.30. The summed E-state index contributed by atoms with van der Waals surface area (Å²) < 4.78 is 5.14. The van der Waals surface area contributed by atoms with Crippen LogP contribution in [0.15, 0.2) is 24.3 Å². The minimum atomic E-state index is -0.605. The minimum Gasteiger partial charge on any atom is -0.445 e. The zero-order valence-corrected chi connectivity index (χ0v) is 13.9. The van der Waals surface area contributed by atoms with Crippen LogP contribution >= 0.6 is 11.6 Å². The molecule has 0 saturated heterocycles. The van der Waals surface area contributed by atoms with Gasteiger partial charge in [-0.15, -0.1) is 0 Å². The van der Waals surface area contributed by atoms with Crippen molar-refractivity contribution in [3.05, 3.63) is 34.9 Å². The highest BCUT2D eigenvalue weighted by molar-refractivity contribution is 6.30. The molecule has 0 bridgehead atoms. The number of carbonyl (C=O) groups is 2. The lowest BCUT2D eigenvalue weighted by molar-refractivity contribution is -0.123. The fourth-order valence-electron chi connectivity index (χ4n) is 1.91. The lowest BCUT2D eigenvalue weighted by atomic mass is 10.0. The van der Waals surface area contributed by atoms with Crippen LogP contribution in [-0.4, -0.2) is 24.6 Å². The highest BCUT2D eigenvalue weighted by Crippen LogP contribution is 2.10. The fraction of sp³-hybridized carbons (Fsp3) is 0.500. The van der Waals surface area contributed by atoms with E-state index in [0.29, 0.717) is 18.0 Å². The summed E-state index contributed by atoms with van der Waals surface area (Å²) in [7, 11) is 0. The molecule has 1 aromatic rings. The summed E-state index contributed by atoms with van der Waals surface area (Å²) in [6.45, 7) is 6.48. The van der Waals surface area contributed by atoms with Gasteiger partial charge in [0.05, 0.1) is 0 Å². The van der Waals surface area contributed by atoms with E-state index in [9.17, 15) is 9.59 Å². The van der Waals surface area contributed by atoms with E-state index in [0.717, 1.165) is 5.56 Å². The van der Waals surface area contributed by atoms with E-state index in [4.69, 9.17) is 16.3 Å². The average molecular weight is 327 g/mol. The van der Waals surface area contributed by atoms with Crippen molar-refractivity contribution in [1.29, 1.82) is 0 Å². The van der Waals surface area contributed by atoms with Gasteiger partial charge in [0.1, 0.15) is 12.6 Å². The molecule has 2 amide bonds. The van der Waals surface area contributed by atoms with Crippen LogP contribution in [0.2, 0.25) is 5.02 Å². The van der Waals surface area contributed by atoms with Crippen LogP contribution in [0.25, 0.3) is 0 Å². The van der Waals surface area contributed by atoms with Gasteiger partial charge >= 0.3 is 6.09 Å². The first-order valence-electron chi connectivity index (χ1n) is 7.37. The van der Waals surface area contributed by atoms with E-state index in [1.54, 1.807) is 24.3 Å². The topological polar surface area (TPSA) is 67.4 Å². The molecule has 6 heteroatoms. The Morgan fingerprint density at radius 1 is 1.23 bits per heavy atom. The third kappa shape index (κ3) is 6.80. The van der Waals surface area contributed by atoms with Crippen molar-refractivity contribution in [2.75, 3.05) is 6.54 Å². The third-order valence-corrected chi connectivity index (χ3v) is 3.20. The normalized spacial score (nSPS) is 11.9. The van der Waals surface area contributed by atoms with Gasteiger partial charge in [-0.05, 0) is 37.0 Å². The SMILES string of the molecule is CCNC(=O)[C@H](CC(C)C)NC(=O)OCc1ccc(Cl)cc1. The fourth-order valence-corrected chi connectivity index (χ4v) is 2.04. The Labute approximate surface area is 136 Å². The number of halogens is 1. The van der Waals surface area contributed by atoms with Crippen LogP contribution in [0.5, 0.6) is 0 Å². The summed E-state index contributed by atoms with van der Waals surface area (Å²) in [6.07, 6.45) is -0.0473. The molecule has 0 aliphatic heterocycles. The molecule has 0 aromatic heterocycles. The summed E-state index contributed by atoms with van der Waals surface area (Å²) in [5.41, 5.74) is 0.831. The van der Waals surface area contributed by atoms with Crippen LogP contribution in [0.3, 0.4) is 0 Å². The highest BCUT2D eigenvalue weighted by atomic mass is 35.5. The number of hydrogen-bond donors (Lipinski definition) is 2. The summed E-state index contributed by atoms with van der Waals surface area (Å²) in [5.74, 6) is 0.0869. The molecule has 1 atom stereocenters. The molecule has 0 spiro atoms. The van der Waals surface area contributed by atoms with Crippen LogP contribution in [-0.2, 0) is 16.1 Å². The number of carbonyl (C=O) groups excluding carboxylic acids is 2. The molecule has 122 valence electrons. The average Bonchev–Trinajstić information content (AvgIpc) is 2.46. The van der Waals surface area contributed by atoms with Gasteiger partial charge in [0, 0.05) is 11.6 Å². The Bertz CT molecular complexity index is 489. The first-order chi connectivity index (χ1) is 10.4. The summed E-state index contributed by atoms with van der Waals surface area (Å²) in [5, 5.41) is 5.95. The van der Waals surface area contributed by atoms with Crippen molar-refractivity contribution in [1.82, 2.24) is 10.6 Å². The summed E-state index contributed by atoms with van der Waals surface area (Å²) in [6, 6.07) is 6.44. The largest absolute Gasteiger partial charge is 0.445 e. The number of rotatable bonds is 7. The Morgan fingerprint density at radius 2 is 1.86 bits per heavy atom. The van der Waals surface area contributed by atoms with Gasteiger partial charge < -0.3 is 15.4 Å². The van der Waals surface area contributed by atoms with Gasteiger partial charge in [-0.3, -0.25) is 4.79 Å². The first-order valence-corrected chi connectivity index (χ1v) is 7.75. The van der Waals surface area contributed by atoms with Gasteiger partial charge in [0.25, 0.3) is 0 Å². The van der Waals surface area contributed by atoms with E-state index in [2.05, 4.69) is 10.6 Å². The molecule has 2 N–H and O–H groups in total. The highest BCUT2D eigenvalue weighted by Gasteiger charge is 2.21. The van der Waals surface area contributed by atoms with Crippen LogP contribution in [0.1, 0.15) is 32.8 Å². The lowest BCUT2D eigenvalue weighted by Crippen LogP contribution is -2.47. The van der Waals surface area contributed by atoms with Crippen molar-refractivity contribution in [3.8, 4) is 0 Å². The number of amides is 2. The Morgan fingerprint density at radius 3 is 2.41 bits per heavy atom. The molecule has 0 saturated carbocycles. The number of nitrogens with one attached hydrogen (secondary N) is 2. The molecular formula is C16H23ClN2O3. The molecule has 0 heterocycles. The van der Waals surface area contributed by atoms with E-state index >= 15 is 0 Å². The van der Waals surface area contributed by atoms with E-state index in [1.165, 1.54) is 0 Å². The second-order valence-corrected chi connectivity index (χ2v) is 5.86. The maximum atomic E-state index is 11.9. The Hall–Kier alpha value is -1.75. The van der Waals surface area contributed by atoms with Crippen molar-refractivity contribution in [3.63, 3.8) is 0 Å². The van der Waals surface area contributed by atoms with Crippen molar-refractivity contribution >= 4 is 23.6 Å². The number of benzene rings is 1. The number of hydrogen-bond acceptors (Lipinski definition) is 3. The van der Waals surface area contributed by atoms with Gasteiger partial charge in [-0.25, -0.2) is 4.79 Å².